The number of hydrazine groups is 2. The number of ether oxygens (including phenoxy) is 2. The van der Waals surface area contributed by atoms with Crippen molar-refractivity contribution in [1.29, 1.82) is 0 Å². The Morgan fingerprint density at radius 1 is 0.345 bits per heavy atom. The molecule has 0 aromatic heterocycles. The maximum absolute atomic E-state index is 7.24. The van der Waals surface area contributed by atoms with E-state index < -0.39 is 0 Å². The van der Waals surface area contributed by atoms with E-state index in [4.69, 9.17) is 29.4 Å². The smallest absolute Gasteiger partial charge is 0.239 e. The van der Waals surface area contributed by atoms with Crippen LogP contribution in [-0.2, 0) is 19.1 Å². The summed E-state index contributed by atoms with van der Waals surface area (Å²) >= 11 is 0. The second-order valence-electron chi connectivity index (χ2n) is 36.2. The number of hydrogen-bond acceptors (Lipinski definition) is 18. The molecule has 0 aliphatic carbocycles. The number of nitrogens with one attached hydrogen (secondary N) is 2. The lowest BCUT2D eigenvalue weighted by molar-refractivity contribution is -0.256. The van der Waals surface area contributed by atoms with Crippen LogP contribution in [0.15, 0.2) is 34.0 Å². The molecule has 18 nitrogen and oxygen atoms in total. The minimum absolute atomic E-state index is 0.0399. The summed E-state index contributed by atoms with van der Waals surface area (Å²) in [6.45, 7) is 58.3. The molecule has 2 N–H and O–H groups in total. The van der Waals surface area contributed by atoms with Gasteiger partial charge in [0.05, 0.1) is 12.2 Å². The molecule has 8 aliphatic heterocycles. The van der Waals surface area contributed by atoms with Gasteiger partial charge in [0.25, 0.3) is 0 Å². The molecule has 0 bridgehead atoms. The zero-order valence-electron chi connectivity index (χ0n) is 61.2. The first-order valence-corrected chi connectivity index (χ1v) is 33.8. The minimum atomic E-state index is -0.0809. The second-order valence-corrected chi connectivity index (χ2v) is 36.2. The van der Waals surface area contributed by atoms with Gasteiger partial charge in [-0.3, -0.25) is 29.4 Å². The van der Waals surface area contributed by atoms with Crippen molar-refractivity contribution in [2.45, 2.75) is 353 Å². The van der Waals surface area contributed by atoms with Crippen molar-refractivity contribution in [3.05, 3.63) is 23.8 Å². The quantitative estimate of drug-likeness (QED) is 0.172. The molecule has 6 saturated heterocycles. The summed E-state index contributed by atoms with van der Waals surface area (Å²) in [5, 5.41) is 13.8. The van der Waals surface area contributed by atoms with E-state index in [1.165, 1.54) is 0 Å². The number of rotatable bonds is 14. The number of piperidine rings is 6. The third-order valence-electron chi connectivity index (χ3n) is 24.3. The van der Waals surface area contributed by atoms with Crippen LogP contribution in [0.25, 0.3) is 0 Å². The molecule has 0 amide bonds. The van der Waals surface area contributed by atoms with Crippen molar-refractivity contribution in [3.8, 4) is 0 Å². The molecule has 6 fully saturated rings. The lowest BCUT2D eigenvalue weighted by atomic mass is 9.76. The Balaban J connectivity index is 1.19. The summed E-state index contributed by atoms with van der Waals surface area (Å²) in [5.74, 6) is 3.08. The Labute approximate surface area is 531 Å². The van der Waals surface area contributed by atoms with Gasteiger partial charge < -0.3 is 19.3 Å². The number of hydrogen-bond donors (Lipinski definition) is 2. The van der Waals surface area contributed by atoms with Crippen LogP contribution in [0.5, 0.6) is 0 Å². The average molecular weight is 1220 g/mol. The van der Waals surface area contributed by atoms with Gasteiger partial charge in [-0.2, -0.15) is 0 Å². The van der Waals surface area contributed by atoms with Gasteiger partial charge in [-0.05, 0) is 266 Å². The molecule has 8 rings (SSSR count). The molecule has 0 radical (unpaired) electrons. The molecular formula is C69H130N14O4. The predicted octanol–water partition coefficient (Wildman–Crippen LogP) is 11.7. The molecule has 0 aromatic carbocycles. The van der Waals surface area contributed by atoms with Crippen molar-refractivity contribution >= 4 is 11.8 Å². The fraction of sp³-hybridized carbons (Fsp3) is 0.913. The summed E-state index contributed by atoms with van der Waals surface area (Å²) < 4.78 is 14.5. The van der Waals surface area contributed by atoms with Crippen LogP contribution in [-0.4, -0.2) is 220 Å². The van der Waals surface area contributed by atoms with E-state index in [0.29, 0.717) is 11.8 Å². The van der Waals surface area contributed by atoms with E-state index in [1.807, 2.05) is 0 Å². The topological polar surface area (TPSA) is 118 Å². The molecule has 0 unspecified atom stereocenters. The van der Waals surface area contributed by atoms with E-state index in [0.717, 1.165) is 108 Å². The zero-order chi connectivity index (χ0) is 65.2. The first-order chi connectivity index (χ1) is 39.4. The largest absolute Gasteiger partial charge is 0.473 e. The van der Waals surface area contributed by atoms with Gasteiger partial charge in [0.15, 0.2) is 0 Å². The monoisotopic (exact) mass is 1220 g/mol. The number of likely N-dealkylation sites (tertiary alicyclic amines) is 6. The van der Waals surface area contributed by atoms with Crippen molar-refractivity contribution in [3.63, 3.8) is 0 Å². The molecule has 0 aromatic rings. The Morgan fingerprint density at radius 2 is 0.552 bits per heavy atom. The normalized spacial score (nSPS) is 29.9. The maximum atomic E-state index is 7.24. The minimum Gasteiger partial charge on any atom is -0.473 e. The predicted molar refractivity (Wildman–Crippen MR) is 357 cm³/mol. The van der Waals surface area contributed by atoms with Crippen molar-refractivity contribution in [2.75, 3.05) is 55.4 Å². The van der Waals surface area contributed by atoms with Gasteiger partial charge in [0.1, 0.15) is 23.8 Å². The Morgan fingerprint density at radius 3 is 0.782 bits per heavy atom. The lowest BCUT2D eigenvalue weighted by Crippen LogP contribution is -2.64. The van der Waals surface area contributed by atoms with Crippen LogP contribution in [0.4, 0.5) is 0 Å². The highest BCUT2D eigenvalue weighted by Gasteiger charge is 2.52. The van der Waals surface area contributed by atoms with E-state index in [2.05, 4.69) is 271 Å². The molecule has 0 atom stereocenters. The molecule has 8 heterocycles. The summed E-state index contributed by atoms with van der Waals surface area (Å²) in [4.78, 5) is 34.9. The molecular weight excluding hydrogens is 1090 g/mol. The van der Waals surface area contributed by atoms with Gasteiger partial charge in [0, 0.05) is 129 Å². The second kappa shape index (κ2) is 23.5. The average Bonchev–Trinajstić information content (AvgIpc) is 0.908. The number of hydrazone groups is 2. The lowest BCUT2D eigenvalue weighted by Gasteiger charge is -2.57. The van der Waals surface area contributed by atoms with E-state index in [-0.39, 0.29) is 103 Å². The molecule has 0 saturated carbocycles. The van der Waals surface area contributed by atoms with Gasteiger partial charge in [0.2, 0.25) is 11.8 Å². The van der Waals surface area contributed by atoms with Crippen LogP contribution in [0, 0.1) is 0 Å². The van der Waals surface area contributed by atoms with E-state index >= 15 is 0 Å². The number of nitrogens with zero attached hydrogens (tertiary/aromatic N) is 12. The molecule has 87 heavy (non-hydrogen) atoms. The molecule has 8 aliphatic rings. The molecule has 0 spiro atoms. The summed E-state index contributed by atoms with van der Waals surface area (Å²) in [7, 11) is 13.6. The highest BCUT2D eigenvalue weighted by molar-refractivity contribution is 5.89. The zero-order valence-corrected chi connectivity index (χ0v) is 61.2. The maximum Gasteiger partial charge on any atom is 0.239 e. The van der Waals surface area contributed by atoms with Crippen LogP contribution < -0.4 is 10.9 Å². The first kappa shape index (κ1) is 69.8. The third kappa shape index (κ3) is 14.9. The fourth-order valence-electron chi connectivity index (χ4n) is 17.8. The van der Waals surface area contributed by atoms with Crippen molar-refractivity contribution in [2.24, 2.45) is 10.2 Å². The van der Waals surface area contributed by atoms with Crippen LogP contribution in [0.1, 0.15) is 250 Å². The SMILES string of the molecule is CN1C(C)(C)CC(OC2=NN(OC3CC(C)(C)N(C)C(C)(C)C3)NC(N(CCCN(C3=CC(OC4CC(C)(C)N(C)C(C)(C)C4)=NN(OC4CC(C)(C)N(C)C(C)(C)C4)N3)C3CC(C)(C)N(C)C(C)(C)C3)C3CC(C)(C)N(C)C(C)(C)C3)=C2)CC1(C)C. The summed E-state index contributed by atoms with van der Waals surface area (Å²) in [6.07, 6.45) is 15.9. The van der Waals surface area contributed by atoms with Gasteiger partial charge in [-0.25, -0.2) is 20.5 Å². The highest BCUT2D eigenvalue weighted by atomic mass is 16.8. The molecule has 18 heteroatoms. The first-order valence-electron chi connectivity index (χ1n) is 33.8. The van der Waals surface area contributed by atoms with Crippen LogP contribution >= 0.6 is 0 Å². The Hall–Kier alpha value is -3.10. The van der Waals surface area contributed by atoms with Crippen molar-refractivity contribution in [1.82, 2.24) is 60.6 Å². The standard InChI is InChI=1S/C69H130N14O4/c1-58(2)36-48(37-59(3,4)74(58)25)80(54-34-56(84-50-40-62(9,10)76(27)63(11,12)41-50)72-82(70-54)86-52-44-66(17,18)78(29)67(19,20)45-52)32-31-33-81(49-38-60(5,6)75(26)61(7,8)39-49)55-35-57(85-51-42-64(13,14)77(28)65(15,16)43-51)73-83(71-55)87-53-46-68(21,22)79(30)69(23,24)47-53/h34-35,48-53,70-71H,31-33,36-47H2,1-30H3. The Kier molecular flexibility index (Phi) is 18.8. The van der Waals surface area contributed by atoms with E-state index in [1.54, 1.807) is 10.6 Å². The summed E-state index contributed by atoms with van der Waals surface area (Å²) in [6, 6.07) is 0.356. The highest BCUT2D eigenvalue weighted by Crippen LogP contribution is 2.46. The van der Waals surface area contributed by atoms with Crippen LogP contribution in [0.2, 0.25) is 0 Å². The van der Waals surface area contributed by atoms with Gasteiger partial charge in [-0.1, -0.05) is 20.8 Å². The van der Waals surface area contributed by atoms with Crippen LogP contribution in [0.3, 0.4) is 0 Å². The van der Waals surface area contributed by atoms with Gasteiger partial charge >= 0.3 is 0 Å². The van der Waals surface area contributed by atoms with Crippen molar-refractivity contribution < 1.29 is 19.1 Å². The Bertz CT molecular complexity index is 2300. The summed E-state index contributed by atoms with van der Waals surface area (Å²) in [5.41, 5.74) is 6.76. The van der Waals surface area contributed by atoms with E-state index in [9.17, 15) is 0 Å². The molecule has 500 valence electrons. The van der Waals surface area contributed by atoms with Gasteiger partial charge in [-0.15, -0.1) is 0 Å². The third-order valence-corrected chi connectivity index (χ3v) is 24.3. The fourth-order valence-corrected chi connectivity index (χ4v) is 17.8.